The molecule has 3 atom stereocenters. The van der Waals surface area contributed by atoms with Gasteiger partial charge in [-0.05, 0) is 25.7 Å². The highest BCUT2D eigenvalue weighted by atomic mass is 16.6. The summed E-state index contributed by atoms with van der Waals surface area (Å²) < 4.78 is 0. The van der Waals surface area contributed by atoms with Crippen LogP contribution in [0.3, 0.4) is 0 Å². The zero-order valence-corrected chi connectivity index (χ0v) is 7.49. The van der Waals surface area contributed by atoms with Crippen LogP contribution >= 0.6 is 0 Å². The van der Waals surface area contributed by atoms with E-state index in [1.54, 1.807) is 6.92 Å². The lowest BCUT2D eigenvalue weighted by Gasteiger charge is -2.36. The van der Waals surface area contributed by atoms with Crippen LogP contribution in [-0.2, 0) is 0 Å². The number of nitrogens with zero attached hydrogens (tertiary/aromatic N) is 1. The summed E-state index contributed by atoms with van der Waals surface area (Å²) in [4.78, 5) is 10.2. The third kappa shape index (κ3) is 1.43. The van der Waals surface area contributed by atoms with Crippen molar-refractivity contribution >= 4 is 0 Å². The van der Waals surface area contributed by atoms with Gasteiger partial charge in [0.05, 0.1) is 0 Å². The van der Waals surface area contributed by atoms with E-state index in [2.05, 4.69) is 0 Å². The van der Waals surface area contributed by atoms with E-state index in [1.807, 2.05) is 6.92 Å². The van der Waals surface area contributed by atoms with Crippen molar-refractivity contribution < 1.29 is 10.0 Å². The fourth-order valence-electron chi connectivity index (χ4n) is 1.85. The van der Waals surface area contributed by atoms with Crippen LogP contribution in [0.1, 0.15) is 33.1 Å². The van der Waals surface area contributed by atoms with E-state index in [1.165, 1.54) is 0 Å². The van der Waals surface area contributed by atoms with E-state index in [0.29, 0.717) is 6.42 Å². The number of hydrogen-bond acceptors (Lipinski definition) is 3. The van der Waals surface area contributed by atoms with Crippen molar-refractivity contribution in [2.24, 2.45) is 5.92 Å². The standard InChI is InChI=1S/C8H15NO3/c1-6-4-3-5-7(9(11)12)8(6,2)10/h6-7,10H,3-5H2,1-2H3. The Morgan fingerprint density at radius 1 is 1.58 bits per heavy atom. The number of aliphatic hydroxyl groups is 1. The van der Waals surface area contributed by atoms with Crippen molar-refractivity contribution in [1.29, 1.82) is 0 Å². The van der Waals surface area contributed by atoms with Crippen LogP contribution in [0, 0.1) is 16.0 Å². The molecule has 70 valence electrons. The second-order valence-corrected chi connectivity index (χ2v) is 3.86. The van der Waals surface area contributed by atoms with Gasteiger partial charge in [0.25, 0.3) is 0 Å². The van der Waals surface area contributed by atoms with Gasteiger partial charge in [-0.2, -0.15) is 0 Å². The number of nitro groups is 1. The Bertz CT molecular complexity index is 191. The fraction of sp³-hybridized carbons (Fsp3) is 1.00. The smallest absolute Gasteiger partial charge is 0.241 e. The van der Waals surface area contributed by atoms with Gasteiger partial charge in [-0.25, -0.2) is 0 Å². The molecule has 0 aromatic carbocycles. The predicted molar refractivity (Wildman–Crippen MR) is 44.4 cm³/mol. The molecule has 0 aromatic rings. The van der Waals surface area contributed by atoms with Crippen LogP contribution in [0.4, 0.5) is 0 Å². The predicted octanol–water partition coefficient (Wildman–Crippen LogP) is 1.20. The minimum Gasteiger partial charge on any atom is -0.383 e. The molecule has 1 aliphatic carbocycles. The molecule has 0 radical (unpaired) electrons. The van der Waals surface area contributed by atoms with E-state index < -0.39 is 11.6 Å². The quantitative estimate of drug-likeness (QED) is 0.478. The van der Waals surface area contributed by atoms with Crippen molar-refractivity contribution in [2.45, 2.75) is 44.8 Å². The van der Waals surface area contributed by atoms with Crippen molar-refractivity contribution in [3.05, 3.63) is 10.1 Å². The van der Waals surface area contributed by atoms with Crippen LogP contribution in [0.25, 0.3) is 0 Å². The first-order valence-electron chi connectivity index (χ1n) is 4.32. The topological polar surface area (TPSA) is 63.4 Å². The Kier molecular flexibility index (Phi) is 2.37. The second-order valence-electron chi connectivity index (χ2n) is 3.86. The van der Waals surface area contributed by atoms with Gasteiger partial charge in [0, 0.05) is 11.3 Å². The van der Waals surface area contributed by atoms with Crippen molar-refractivity contribution in [3.8, 4) is 0 Å². The van der Waals surface area contributed by atoms with E-state index in [0.717, 1.165) is 12.8 Å². The van der Waals surface area contributed by atoms with Crippen molar-refractivity contribution in [3.63, 3.8) is 0 Å². The summed E-state index contributed by atoms with van der Waals surface area (Å²) in [6.45, 7) is 3.44. The van der Waals surface area contributed by atoms with Gasteiger partial charge < -0.3 is 5.11 Å². The largest absolute Gasteiger partial charge is 0.383 e. The molecule has 4 heteroatoms. The SMILES string of the molecule is CC1CCCC([N+](=O)[O-])C1(C)O. The lowest BCUT2D eigenvalue weighted by molar-refractivity contribution is -0.551. The zero-order valence-electron chi connectivity index (χ0n) is 7.49. The van der Waals surface area contributed by atoms with Crippen LogP contribution in [-0.4, -0.2) is 21.7 Å². The highest BCUT2D eigenvalue weighted by molar-refractivity contribution is 4.90. The lowest BCUT2D eigenvalue weighted by Crippen LogP contribution is -2.51. The third-order valence-electron chi connectivity index (χ3n) is 3.04. The second kappa shape index (κ2) is 3.01. The molecule has 0 aliphatic heterocycles. The molecular weight excluding hydrogens is 158 g/mol. The maximum atomic E-state index is 10.6. The summed E-state index contributed by atoms with van der Waals surface area (Å²) in [6.07, 6.45) is 2.24. The molecule has 3 unspecified atom stereocenters. The average Bonchev–Trinajstić information content (AvgIpc) is 1.94. The summed E-state index contributed by atoms with van der Waals surface area (Å²) in [5.41, 5.74) is -1.12. The zero-order chi connectivity index (χ0) is 9.35. The summed E-state index contributed by atoms with van der Waals surface area (Å²) in [6, 6.07) is -0.777. The van der Waals surface area contributed by atoms with Gasteiger partial charge in [0.2, 0.25) is 6.04 Å². The molecule has 12 heavy (non-hydrogen) atoms. The molecule has 4 nitrogen and oxygen atoms in total. The maximum Gasteiger partial charge on any atom is 0.241 e. The molecule has 0 bridgehead atoms. The van der Waals surface area contributed by atoms with Crippen LogP contribution < -0.4 is 0 Å². The summed E-state index contributed by atoms with van der Waals surface area (Å²) in [7, 11) is 0. The Morgan fingerprint density at radius 3 is 2.58 bits per heavy atom. The van der Waals surface area contributed by atoms with Gasteiger partial charge in [0.1, 0.15) is 5.60 Å². The molecule has 1 saturated carbocycles. The highest BCUT2D eigenvalue weighted by Gasteiger charge is 2.47. The Hall–Kier alpha value is -0.640. The molecule has 1 fully saturated rings. The van der Waals surface area contributed by atoms with E-state index in [-0.39, 0.29) is 10.8 Å². The third-order valence-corrected chi connectivity index (χ3v) is 3.04. The van der Waals surface area contributed by atoms with Crippen LogP contribution in [0.5, 0.6) is 0 Å². The highest BCUT2D eigenvalue weighted by Crippen LogP contribution is 2.34. The Morgan fingerprint density at radius 2 is 2.17 bits per heavy atom. The van der Waals surface area contributed by atoms with Gasteiger partial charge in [-0.15, -0.1) is 0 Å². The summed E-state index contributed by atoms with van der Waals surface area (Å²) >= 11 is 0. The molecule has 1 rings (SSSR count). The molecule has 0 spiro atoms. The van der Waals surface area contributed by atoms with Crippen molar-refractivity contribution in [1.82, 2.24) is 0 Å². The molecular formula is C8H15NO3. The molecule has 1 N–H and O–H groups in total. The first-order chi connectivity index (χ1) is 5.46. The summed E-state index contributed by atoms with van der Waals surface area (Å²) in [5.74, 6) is 0.0293. The van der Waals surface area contributed by atoms with Gasteiger partial charge in [0.15, 0.2) is 0 Å². The Labute approximate surface area is 71.7 Å². The minimum atomic E-state index is -1.12. The average molecular weight is 173 g/mol. The van der Waals surface area contributed by atoms with Crippen molar-refractivity contribution in [2.75, 3.05) is 0 Å². The first kappa shape index (κ1) is 9.45. The fourth-order valence-corrected chi connectivity index (χ4v) is 1.85. The Balaban J connectivity index is 2.79. The lowest BCUT2D eigenvalue weighted by atomic mass is 9.74. The monoisotopic (exact) mass is 173 g/mol. The first-order valence-corrected chi connectivity index (χ1v) is 4.32. The maximum absolute atomic E-state index is 10.6. The van der Waals surface area contributed by atoms with E-state index in [4.69, 9.17) is 0 Å². The molecule has 0 amide bonds. The van der Waals surface area contributed by atoms with Crippen LogP contribution in [0.15, 0.2) is 0 Å². The molecule has 0 aromatic heterocycles. The van der Waals surface area contributed by atoms with Gasteiger partial charge in [-0.3, -0.25) is 10.1 Å². The molecule has 0 heterocycles. The molecule has 0 saturated heterocycles. The van der Waals surface area contributed by atoms with E-state index >= 15 is 0 Å². The van der Waals surface area contributed by atoms with Gasteiger partial charge in [-0.1, -0.05) is 6.92 Å². The minimum absolute atomic E-state index is 0.0293. The van der Waals surface area contributed by atoms with E-state index in [9.17, 15) is 15.2 Å². The molecule has 1 aliphatic rings. The van der Waals surface area contributed by atoms with Gasteiger partial charge >= 0.3 is 0 Å². The summed E-state index contributed by atoms with van der Waals surface area (Å²) in [5, 5.41) is 20.4. The normalized spacial score (nSPS) is 42.6. The number of hydrogen-bond donors (Lipinski definition) is 1. The van der Waals surface area contributed by atoms with Crippen LogP contribution in [0.2, 0.25) is 0 Å². The number of rotatable bonds is 1.